The lowest BCUT2D eigenvalue weighted by Gasteiger charge is -2.22. The second-order valence-corrected chi connectivity index (χ2v) is 6.10. The number of halogens is 1. The minimum Gasteiger partial charge on any atom is -0.507 e. The van der Waals surface area contributed by atoms with Crippen LogP contribution in [0.3, 0.4) is 0 Å². The summed E-state index contributed by atoms with van der Waals surface area (Å²) in [7, 11) is 0. The van der Waals surface area contributed by atoms with Crippen LogP contribution in [0.2, 0.25) is 5.02 Å². The molecule has 1 aliphatic carbocycles. The average molecular weight is 350 g/mol. The van der Waals surface area contributed by atoms with Crippen molar-refractivity contribution in [3.05, 3.63) is 87.9 Å². The van der Waals surface area contributed by atoms with E-state index in [1.165, 1.54) is 6.07 Å². The van der Waals surface area contributed by atoms with Crippen molar-refractivity contribution in [1.29, 1.82) is 0 Å². The molecule has 0 amide bonds. The third kappa shape index (κ3) is 2.39. The van der Waals surface area contributed by atoms with Gasteiger partial charge in [-0.15, -0.1) is 0 Å². The van der Waals surface area contributed by atoms with E-state index in [1.807, 2.05) is 30.3 Å². The molecule has 0 atom stereocenters. The summed E-state index contributed by atoms with van der Waals surface area (Å²) in [5.74, 6) is -1.04. The zero-order chi connectivity index (χ0) is 17.6. The zero-order valence-electron chi connectivity index (χ0n) is 12.9. The summed E-state index contributed by atoms with van der Waals surface area (Å²) in [5, 5.41) is 13.5. The molecule has 3 aromatic rings. The van der Waals surface area contributed by atoms with Crippen LogP contribution in [0.15, 0.2) is 60.7 Å². The van der Waals surface area contributed by atoms with Crippen molar-refractivity contribution in [3.8, 4) is 5.75 Å². The molecule has 0 saturated heterocycles. The van der Waals surface area contributed by atoms with Crippen LogP contribution >= 0.6 is 11.6 Å². The van der Waals surface area contributed by atoms with Crippen molar-refractivity contribution < 1.29 is 14.7 Å². The van der Waals surface area contributed by atoms with E-state index >= 15 is 0 Å². The lowest BCUT2D eigenvalue weighted by atomic mass is 9.82. The Morgan fingerprint density at radius 2 is 1.52 bits per heavy atom. The molecule has 0 heterocycles. The fourth-order valence-corrected chi connectivity index (χ4v) is 3.30. The molecule has 1 aliphatic rings. The van der Waals surface area contributed by atoms with E-state index in [4.69, 9.17) is 11.6 Å². The maximum absolute atomic E-state index is 13.0. The number of phenolic OH excluding ortho intramolecular Hbond substituents is 1. The van der Waals surface area contributed by atoms with Crippen LogP contribution in [0.25, 0.3) is 0 Å². The Morgan fingerprint density at radius 1 is 0.760 bits per heavy atom. The van der Waals surface area contributed by atoms with Crippen molar-refractivity contribution in [3.63, 3.8) is 0 Å². The Bertz CT molecular complexity index is 1030. The van der Waals surface area contributed by atoms with Gasteiger partial charge in [-0.3, -0.25) is 9.59 Å². The molecule has 0 bridgehead atoms. The topological polar surface area (TPSA) is 66.4 Å². The van der Waals surface area contributed by atoms with Crippen molar-refractivity contribution in [1.82, 2.24) is 0 Å². The highest BCUT2D eigenvalue weighted by Gasteiger charge is 2.35. The van der Waals surface area contributed by atoms with E-state index in [2.05, 4.69) is 5.32 Å². The number of aromatic hydroxyl groups is 1. The summed E-state index contributed by atoms with van der Waals surface area (Å²) in [6, 6.07) is 17.0. The standard InChI is InChI=1S/C20H12ClNO3/c21-13-8-4-7-12-16(13)20(25)18-15(23)10-9-14(17(18)19(12)24)22-11-5-2-1-3-6-11/h1-10,22-23H. The third-order valence-electron chi connectivity index (χ3n) is 4.18. The molecule has 4 rings (SSSR count). The van der Waals surface area contributed by atoms with Crippen molar-refractivity contribution in [2.24, 2.45) is 0 Å². The first-order valence-electron chi connectivity index (χ1n) is 7.64. The summed E-state index contributed by atoms with van der Waals surface area (Å²) in [4.78, 5) is 25.9. The van der Waals surface area contributed by atoms with Gasteiger partial charge in [0.1, 0.15) is 5.75 Å². The van der Waals surface area contributed by atoms with Crippen LogP contribution in [-0.4, -0.2) is 16.7 Å². The highest BCUT2D eigenvalue weighted by atomic mass is 35.5. The van der Waals surface area contributed by atoms with Gasteiger partial charge in [0.2, 0.25) is 0 Å². The average Bonchev–Trinajstić information content (AvgIpc) is 2.62. The molecular formula is C20H12ClNO3. The van der Waals surface area contributed by atoms with E-state index in [-0.39, 0.29) is 38.8 Å². The quantitative estimate of drug-likeness (QED) is 0.520. The van der Waals surface area contributed by atoms with E-state index in [1.54, 1.807) is 24.3 Å². The van der Waals surface area contributed by atoms with E-state index in [0.29, 0.717) is 5.69 Å². The van der Waals surface area contributed by atoms with Gasteiger partial charge >= 0.3 is 0 Å². The number of hydrogen-bond donors (Lipinski definition) is 2. The predicted molar refractivity (Wildman–Crippen MR) is 96.1 cm³/mol. The van der Waals surface area contributed by atoms with Gasteiger partial charge in [-0.25, -0.2) is 0 Å². The summed E-state index contributed by atoms with van der Waals surface area (Å²) < 4.78 is 0. The van der Waals surface area contributed by atoms with E-state index < -0.39 is 5.78 Å². The fourth-order valence-electron chi connectivity index (χ4n) is 3.04. The Kier molecular flexibility index (Phi) is 3.55. The highest BCUT2D eigenvalue weighted by Crippen LogP contribution is 2.39. The Balaban J connectivity index is 1.93. The van der Waals surface area contributed by atoms with Crippen LogP contribution in [-0.2, 0) is 0 Å². The molecule has 2 N–H and O–H groups in total. The van der Waals surface area contributed by atoms with Gasteiger partial charge in [-0.1, -0.05) is 41.9 Å². The number of rotatable bonds is 2. The van der Waals surface area contributed by atoms with Crippen LogP contribution in [0.1, 0.15) is 31.8 Å². The molecule has 0 unspecified atom stereocenters. The maximum Gasteiger partial charge on any atom is 0.199 e. The number of hydrogen-bond acceptors (Lipinski definition) is 4. The number of carbonyl (C=O) groups is 2. The van der Waals surface area contributed by atoms with Crippen LogP contribution in [0, 0.1) is 0 Å². The molecule has 0 fully saturated rings. The Labute approximate surface area is 148 Å². The molecule has 122 valence electrons. The van der Waals surface area contributed by atoms with Crippen molar-refractivity contribution in [2.75, 3.05) is 5.32 Å². The molecule has 25 heavy (non-hydrogen) atoms. The zero-order valence-corrected chi connectivity index (χ0v) is 13.7. The lowest BCUT2D eigenvalue weighted by molar-refractivity contribution is 0.0977. The monoisotopic (exact) mass is 349 g/mol. The first-order chi connectivity index (χ1) is 12.1. The van der Waals surface area contributed by atoms with Gasteiger partial charge in [0.15, 0.2) is 11.6 Å². The van der Waals surface area contributed by atoms with Crippen LogP contribution in [0.5, 0.6) is 5.75 Å². The van der Waals surface area contributed by atoms with E-state index in [9.17, 15) is 14.7 Å². The van der Waals surface area contributed by atoms with E-state index in [0.717, 1.165) is 5.69 Å². The smallest absolute Gasteiger partial charge is 0.199 e. The molecule has 0 radical (unpaired) electrons. The molecular weight excluding hydrogens is 338 g/mol. The van der Waals surface area contributed by atoms with Gasteiger partial charge in [-0.2, -0.15) is 0 Å². The van der Waals surface area contributed by atoms with Gasteiger partial charge in [0, 0.05) is 11.3 Å². The number of ketones is 2. The minimum atomic E-state index is -0.454. The van der Waals surface area contributed by atoms with Gasteiger partial charge in [0.25, 0.3) is 0 Å². The van der Waals surface area contributed by atoms with Crippen LogP contribution in [0.4, 0.5) is 11.4 Å². The normalized spacial score (nSPS) is 12.5. The number of phenols is 1. The largest absolute Gasteiger partial charge is 0.507 e. The maximum atomic E-state index is 13.0. The van der Waals surface area contributed by atoms with Gasteiger partial charge in [-0.05, 0) is 30.3 Å². The number of anilines is 2. The Morgan fingerprint density at radius 3 is 2.28 bits per heavy atom. The number of nitrogens with one attached hydrogen (secondary N) is 1. The lowest BCUT2D eigenvalue weighted by Crippen LogP contribution is -2.22. The summed E-state index contributed by atoms with van der Waals surface area (Å²) in [6.45, 7) is 0. The first-order valence-corrected chi connectivity index (χ1v) is 8.01. The molecule has 0 aliphatic heterocycles. The molecule has 4 nitrogen and oxygen atoms in total. The van der Waals surface area contributed by atoms with Gasteiger partial charge in [0.05, 0.1) is 27.4 Å². The summed E-state index contributed by atoms with van der Waals surface area (Å²) in [5.41, 5.74) is 1.74. The molecule has 5 heteroatoms. The molecule has 0 aromatic heterocycles. The first kappa shape index (κ1) is 15.4. The number of para-hydroxylation sites is 1. The fraction of sp³-hybridized carbons (Fsp3) is 0. The SMILES string of the molecule is O=C1c2c(Cl)cccc2C(=O)c2c(Nc3ccccc3)ccc(O)c21. The predicted octanol–water partition coefficient (Wildman–Crippen LogP) is 4.56. The highest BCUT2D eigenvalue weighted by molar-refractivity contribution is 6.40. The number of benzene rings is 3. The van der Waals surface area contributed by atoms with Crippen LogP contribution < -0.4 is 5.32 Å². The van der Waals surface area contributed by atoms with Gasteiger partial charge < -0.3 is 10.4 Å². The Hall–Kier alpha value is -3.11. The number of fused-ring (bicyclic) bond motifs is 2. The minimum absolute atomic E-state index is 0.0217. The second-order valence-electron chi connectivity index (χ2n) is 5.69. The molecule has 0 saturated carbocycles. The summed E-state index contributed by atoms with van der Waals surface area (Å²) in [6.07, 6.45) is 0. The second kappa shape index (κ2) is 5.76. The van der Waals surface area contributed by atoms with Crippen molar-refractivity contribution >= 4 is 34.5 Å². The molecule has 3 aromatic carbocycles. The van der Waals surface area contributed by atoms with Crippen molar-refractivity contribution in [2.45, 2.75) is 0 Å². The molecule has 0 spiro atoms. The number of carbonyl (C=O) groups excluding carboxylic acids is 2. The summed E-state index contributed by atoms with van der Waals surface area (Å²) >= 11 is 6.12. The third-order valence-corrected chi connectivity index (χ3v) is 4.49.